The van der Waals surface area contributed by atoms with Gasteiger partial charge in [0.15, 0.2) is 0 Å². The lowest BCUT2D eigenvalue weighted by molar-refractivity contribution is -0.255. The van der Waals surface area contributed by atoms with Crippen molar-refractivity contribution in [2.75, 3.05) is 10.2 Å². The number of benzene rings is 2. The van der Waals surface area contributed by atoms with E-state index in [1.165, 1.54) is 17.0 Å². The number of hydrogen-bond acceptors (Lipinski definition) is 5. The zero-order valence-electron chi connectivity index (χ0n) is 16.7. The van der Waals surface area contributed by atoms with Crippen molar-refractivity contribution in [1.82, 2.24) is 0 Å². The highest BCUT2D eigenvalue weighted by atomic mass is 16.4. The number of amides is 3. The largest absolute Gasteiger partial charge is 0.545 e. The lowest BCUT2D eigenvalue weighted by Crippen LogP contribution is -2.32. The molecule has 1 aliphatic heterocycles. The van der Waals surface area contributed by atoms with Gasteiger partial charge in [-0.25, -0.2) is 0 Å². The van der Waals surface area contributed by atoms with Crippen LogP contribution in [0.4, 0.5) is 11.4 Å². The van der Waals surface area contributed by atoms with Crippen molar-refractivity contribution in [3.05, 3.63) is 71.3 Å². The van der Waals surface area contributed by atoms with Crippen LogP contribution in [0.15, 0.2) is 54.6 Å². The summed E-state index contributed by atoms with van der Waals surface area (Å²) in [4.78, 5) is 50.8. The summed E-state index contributed by atoms with van der Waals surface area (Å²) in [5.41, 5.74) is 1.82. The normalized spacial score (nSPS) is 25.8. The fourth-order valence-electron chi connectivity index (χ4n) is 5.00. The van der Waals surface area contributed by atoms with Gasteiger partial charge in [0, 0.05) is 11.3 Å². The van der Waals surface area contributed by atoms with Crippen LogP contribution < -0.4 is 15.3 Å². The Morgan fingerprint density at radius 2 is 1.52 bits per heavy atom. The Morgan fingerprint density at radius 1 is 0.935 bits per heavy atom. The first-order chi connectivity index (χ1) is 14.8. The molecule has 1 heterocycles. The van der Waals surface area contributed by atoms with Gasteiger partial charge >= 0.3 is 0 Å². The molecular weight excluding hydrogens is 396 g/mol. The molecule has 4 atom stereocenters. The lowest BCUT2D eigenvalue weighted by Gasteiger charge is -2.17. The van der Waals surface area contributed by atoms with Gasteiger partial charge in [-0.2, -0.15) is 0 Å². The first kappa shape index (κ1) is 19.2. The summed E-state index contributed by atoms with van der Waals surface area (Å²) >= 11 is 0. The fourth-order valence-corrected chi connectivity index (χ4v) is 5.00. The fraction of sp³-hybridized carbons (Fsp3) is 0.250. The molecule has 0 radical (unpaired) electrons. The van der Waals surface area contributed by atoms with E-state index in [0.29, 0.717) is 22.5 Å². The smallest absolute Gasteiger partial charge is 0.255 e. The molecule has 1 N–H and O–H groups in total. The number of anilines is 2. The summed E-state index contributed by atoms with van der Waals surface area (Å²) in [6.45, 7) is 1.75. The molecule has 2 bridgehead atoms. The van der Waals surface area contributed by atoms with Gasteiger partial charge in [-0.05, 0) is 66.6 Å². The minimum Gasteiger partial charge on any atom is -0.545 e. The predicted molar refractivity (Wildman–Crippen MR) is 110 cm³/mol. The Morgan fingerprint density at radius 3 is 2.10 bits per heavy atom. The SMILES string of the molecule is Cc1ccc(C(=O)[O-])cc1NC(=O)c1ccc(N2C(=O)[C@@H]3[C@H](C2=O)[C@@H]2C=C[C@H]3C2)cc1. The number of nitrogens with one attached hydrogen (secondary N) is 1. The number of carboxylic acids is 1. The van der Waals surface area contributed by atoms with E-state index in [4.69, 9.17) is 0 Å². The van der Waals surface area contributed by atoms with Crippen LogP contribution in [0.3, 0.4) is 0 Å². The van der Waals surface area contributed by atoms with Gasteiger partial charge in [0.2, 0.25) is 11.8 Å². The molecule has 31 heavy (non-hydrogen) atoms. The second kappa shape index (κ2) is 6.91. The van der Waals surface area contributed by atoms with Gasteiger partial charge in [-0.15, -0.1) is 0 Å². The zero-order chi connectivity index (χ0) is 21.9. The van der Waals surface area contributed by atoms with Crippen molar-refractivity contribution in [2.45, 2.75) is 13.3 Å². The highest BCUT2D eigenvalue weighted by molar-refractivity contribution is 6.23. The van der Waals surface area contributed by atoms with Crippen molar-refractivity contribution < 1.29 is 24.3 Å². The zero-order valence-corrected chi connectivity index (χ0v) is 16.7. The first-order valence-corrected chi connectivity index (χ1v) is 10.1. The third-order valence-electron chi connectivity index (χ3n) is 6.58. The van der Waals surface area contributed by atoms with Gasteiger partial charge in [0.25, 0.3) is 5.91 Å². The molecule has 5 rings (SSSR count). The van der Waals surface area contributed by atoms with E-state index in [9.17, 15) is 24.3 Å². The van der Waals surface area contributed by atoms with E-state index in [-0.39, 0.29) is 41.0 Å². The molecule has 3 aliphatic rings. The number of imide groups is 1. The molecule has 7 heteroatoms. The first-order valence-electron chi connectivity index (χ1n) is 10.1. The minimum atomic E-state index is -1.33. The van der Waals surface area contributed by atoms with Crippen LogP contribution in [0.25, 0.3) is 0 Å². The van der Waals surface area contributed by atoms with Crippen molar-refractivity contribution in [3.8, 4) is 0 Å². The second-order valence-electron chi connectivity index (χ2n) is 8.33. The van der Waals surface area contributed by atoms with Gasteiger partial charge in [-0.3, -0.25) is 19.3 Å². The maximum Gasteiger partial charge on any atom is 0.255 e. The van der Waals surface area contributed by atoms with Crippen molar-refractivity contribution in [2.24, 2.45) is 23.7 Å². The predicted octanol–water partition coefficient (Wildman–Crippen LogP) is 1.92. The number of carboxylic acid groups (broad SMARTS) is 1. The summed E-state index contributed by atoms with van der Waals surface area (Å²) in [6, 6.07) is 10.6. The van der Waals surface area contributed by atoms with E-state index in [1.54, 1.807) is 37.3 Å². The molecule has 0 spiro atoms. The maximum atomic E-state index is 12.9. The number of aryl methyl sites for hydroxylation is 1. The molecule has 2 aromatic carbocycles. The molecule has 2 aromatic rings. The summed E-state index contributed by atoms with van der Waals surface area (Å²) in [5.74, 6) is -2.36. The van der Waals surface area contributed by atoms with Crippen molar-refractivity contribution in [3.63, 3.8) is 0 Å². The number of carbonyl (C=O) groups is 4. The van der Waals surface area contributed by atoms with Gasteiger partial charge in [0.05, 0.1) is 23.5 Å². The van der Waals surface area contributed by atoms with Crippen LogP contribution in [0.5, 0.6) is 0 Å². The van der Waals surface area contributed by atoms with E-state index in [1.807, 2.05) is 12.2 Å². The molecule has 156 valence electrons. The Kier molecular flexibility index (Phi) is 4.28. The highest BCUT2D eigenvalue weighted by Crippen LogP contribution is 2.53. The van der Waals surface area contributed by atoms with E-state index in [0.717, 1.165) is 6.42 Å². The maximum absolute atomic E-state index is 12.9. The minimum absolute atomic E-state index is 0.0312. The number of nitrogens with zero attached hydrogens (tertiary/aromatic N) is 1. The van der Waals surface area contributed by atoms with Crippen LogP contribution in [-0.4, -0.2) is 23.7 Å². The number of allylic oxidation sites excluding steroid dienone is 2. The van der Waals surface area contributed by atoms with Crippen molar-refractivity contribution >= 4 is 35.1 Å². The second-order valence-corrected chi connectivity index (χ2v) is 8.33. The summed E-state index contributed by atoms with van der Waals surface area (Å²) < 4.78 is 0. The Balaban J connectivity index is 1.35. The van der Waals surface area contributed by atoms with Crippen LogP contribution in [-0.2, 0) is 9.59 Å². The number of fused-ring (bicyclic) bond motifs is 5. The summed E-state index contributed by atoms with van der Waals surface area (Å²) in [5, 5.41) is 13.8. The molecule has 0 aromatic heterocycles. The Hall–Kier alpha value is -3.74. The van der Waals surface area contributed by atoms with Crippen LogP contribution in [0.2, 0.25) is 0 Å². The van der Waals surface area contributed by atoms with Crippen LogP contribution in [0, 0.1) is 30.6 Å². The molecule has 1 saturated carbocycles. The van der Waals surface area contributed by atoms with Crippen LogP contribution >= 0.6 is 0 Å². The average Bonchev–Trinajstić information content (AvgIpc) is 3.43. The van der Waals surface area contributed by atoms with E-state index < -0.39 is 11.9 Å². The Labute approximate surface area is 178 Å². The number of aromatic carboxylic acids is 1. The third kappa shape index (κ3) is 2.96. The van der Waals surface area contributed by atoms with E-state index >= 15 is 0 Å². The topological polar surface area (TPSA) is 107 Å². The van der Waals surface area contributed by atoms with Gasteiger partial charge < -0.3 is 15.2 Å². The van der Waals surface area contributed by atoms with Crippen molar-refractivity contribution in [1.29, 1.82) is 0 Å². The highest BCUT2D eigenvalue weighted by Gasteiger charge is 2.59. The number of carbonyl (C=O) groups excluding carboxylic acids is 4. The van der Waals surface area contributed by atoms with Gasteiger partial charge in [-0.1, -0.05) is 24.3 Å². The molecule has 3 amide bonds. The third-order valence-corrected chi connectivity index (χ3v) is 6.58. The van der Waals surface area contributed by atoms with Gasteiger partial charge in [0.1, 0.15) is 0 Å². The number of hydrogen-bond donors (Lipinski definition) is 1. The molecule has 0 unspecified atom stereocenters. The number of rotatable bonds is 4. The standard InChI is InChI=1S/C24H20N2O5/c1-12-2-3-16(24(30)31)11-18(12)25-21(27)13-6-8-17(9-7-13)26-22(28)19-14-4-5-15(10-14)20(19)23(26)29/h2-9,11,14-15,19-20H,10H2,1H3,(H,25,27)(H,30,31)/p-1/t14-,15+,19-,20+. The lowest BCUT2D eigenvalue weighted by atomic mass is 9.85. The average molecular weight is 415 g/mol. The van der Waals surface area contributed by atoms with E-state index in [2.05, 4.69) is 5.32 Å². The molecule has 2 aliphatic carbocycles. The molecule has 2 fully saturated rings. The summed E-state index contributed by atoms with van der Waals surface area (Å²) in [6.07, 6.45) is 4.97. The molecular formula is C24H19N2O5-. The Bertz CT molecular complexity index is 1140. The van der Waals surface area contributed by atoms with Crippen LogP contribution in [0.1, 0.15) is 32.7 Å². The quantitative estimate of drug-likeness (QED) is 0.607. The monoisotopic (exact) mass is 415 g/mol. The molecule has 1 saturated heterocycles. The summed E-state index contributed by atoms with van der Waals surface area (Å²) in [7, 11) is 0. The molecule has 7 nitrogen and oxygen atoms in total.